The predicted molar refractivity (Wildman–Crippen MR) is 135 cm³/mol. The molecular weight excluding hydrogens is 458 g/mol. The van der Waals surface area contributed by atoms with Crippen molar-refractivity contribution in [2.24, 2.45) is 0 Å². The third-order valence-electron chi connectivity index (χ3n) is 5.51. The zero-order chi connectivity index (χ0) is 25.3. The topological polar surface area (TPSA) is 80.0 Å². The fraction of sp³-hybridized carbons (Fsp3) is 0.241. The Kier molecular flexibility index (Phi) is 8.24. The van der Waals surface area contributed by atoms with Crippen LogP contribution < -0.4 is 14.2 Å². The van der Waals surface area contributed by atoms with E-state index in [9.17, 15) is 4.79 Å². The van der Waals surface area contributed by atoms with Crippen molar-refractivity contribution in [2.75, 3.05) is 13.7 Å². The molecule has 0 aliphatic heterocycles. The average Bonchev–Trinajstić information content (AvgIpc) is 3.28. The van der Waals surface area contributed by atoms with Gasteiger partial charge >= 0.3 is 5.97 Å². The third-order valence-corrected chi connectivity index (χ3v) is 5.51. The monoisotopic (exact) mass is 487 g/mol. The zero-order valence-electron chi connectivity index (χ0n) is 20.7. The summed E-state index contributed by atoms with van der Waals surface area (Å²) in [6.07, 6.45) is 0.104. The molecule has 0 saturated carbocycles. The van der Waals surface area contributed by atoms with E-state index < -0.39 is 0 Å². The van der Waals surface area contributed by atoms with Gasteiger partial charge in [0, 0.05) is 11.1 Å². The second kappa shape index (κ2) is 11.9. The molecule has 4 rings (SSSR count). The summed E-state index contributed by atoms with van der Waals surface area (Å²) in [5.41, 5.74) is 3.36. The molecule has 0 aliphatic rings. The number of hydrogen-bond donors (Lipinski definition) is 0. The van der Waals surface area contributed by atoms with Gasteiger partial charge in [0.25, 0.3) is 0 Å². The average molecular weight is 488 g/mol. The zero-order valence-corrected chi connectivity index (χ0v) is 20.7. The van der Waals surface area contributed by atoms with Gasteiger partial charge in [0.1, 0.15) is 41.9 Å². The van der Waals surface area contributed by atoms with E-state index in [1.807, 2.05) is 86.6 Å². The van der Waals surface area contributed by atoms with E-state index in [0.29, 0.717) is 42.8 Å². The van der Waals surface area contributed by atoms with E-state index in [2.05, 4.69) is 4.98 Å². The Morgan fingerprint density at radius 2 is 1.64 bits per heavy atom. The molecule has 0 unspecified atom stereocenters. The van der Waals surface area contributed by atoms with E-state index in [4.69, 9.17) is 23.4 Å². The van der Waals surface area contributed by atoms with Gasteiger partial charge in [-0.2, -0.15) is 0 Å². The number of oxazole rings is 1. The lowest BCUT2D eigenvalue weighted by molar-refractivity contribution is -0.139. The molecule has 36 heavy (non-hydrogen) atoms. The van der Waals surface area contributed by atoms with Crippen molar-refractivity contribution in [1.29, 1.82) is 0 Å². The molecule has 186 valence electrons. The number of methoxy groups -OCH3 is 1. The highest BCUT2D eigenvalue weighted by molar-refractivity contribution is 5.73. The summed E-state index contributed by atoms with van der Waals surface area (Å²) in [6, 6.07) is 22.9. The van der Waals surface area contributed by atoms with Gasteiger partial charge in [-0.25, -0.2) is 4.98 Å². The summed E-state index contributed by atoms with van der Waals surface area (Å²) in [5.74, 6) is 2.99. The quantitative estimate of drug-likeness (QED) is 0.243. The Bertz CT molecular complexity index is 1280. The minimum absolute atomic E-state index is 0.104. The summed E-state index contributed by atoms with van der Waals surface area (Å²) in [7, 11) is 1.37. The van der Waals surface area contributed by atoms with Crippen LogP contribution in [0.3, 0.4) is 0 Å². The Morgan fingerprint density at radius 3 is 2.36 bits per heavy atom. The van der Waals surface area contributed by atoms with Gasteiger partial charge in [-0.05, 0) is 61.9 Å². The van der Waals surface area contributed by atoms with Gasteiger partial charge < -0.3 is 23.4 Å². The van der Waals surface area contributed by atoms with E-state index in [-0.39, 0.29) is 12.4 Å². The standard InChI is InChI=1S/C29H29NO6/c1-4-33-25-14-15-27(23(16-25)17-28(31)32-3)35-18-21-10-12-24(13-11-21)34-19-26-20(2)36-29(30-26)22-8-6-5-7-9-22/h5-16H,4,17-19H2,1-3H3. The van der Waals surface area contributed by atoms with Crippen molar-refractivity contribution in [3.63, 3.8) is 0 Å². The first kappa shape index (κ1) is 24.9. The molecule has 4 aromatic rings. The molecule has 1 aromatic heterocycles. The number of nitrogens with zero attached hydrogens (tertiary/aromatic N) is 1. The molecule has 0 radical (unpaired) electrons. The lowest BCUT2D eigenvalue weighted by Gasteiger charge is -2.13. The molecule has 0 amide bonds. The lowest BCUT2D eigenvalue weighted by Crippen LogP contribution is -2.07. The van der Waals surface area contributed by atoms with Gasteiger partial charge in [-0.1, -0.05) is 30.3 Å². The highest BCUT2D eigenvalue weighted by Crippen LogP contribution is 2.27. The summed E-state index contributed by atoms with van der Waals surface area (Å²) >= 11 is 0. The molecule has 0 bridgehead atoms. The van der Waals surface area contributed by atoms with Crippen LogP contribution >= 0.6 is 0 Å². The van der Waals surface area contributed by atoms with Crippen LogP contribution in [0, 0.1) is 6.92 Å². The van der Waals surface area contributed by atoms with Crippen molar-refractivity contribution >= 4 is 5.97 Å². The fourth-order valence-corrected chi connectivity index (χ4v) is 3.58. The van der Waals surface area contributed by atoms with Crippen LogP contribution in [0.2, 0.25) is 0 Å². The fourth-order valence-electron chi connectivity index (χ4n) is 3.58. The van der Waals surface area contributed by atoms with Crippen molar-refractivity contribution in [3.05, 3.63) is 95.4 Å². The summed E-state index contributed by atoms with van der Waals surface area (Å²) < 4.78 is 28.1. The van der Waals surface area contributed by atoms with Gasteiger partial charge in [0.15, 0.2) is 0 Å². The maximum absolute atomic E-state index is 11.8. The first-order chi connectivity index (χ1) is 17.6. The van der Waals surface area contributed by atoms with Crippen LogP contribution in [0.4, 0.5) is 0 Å². The van der Waals surface area contributed by atoms with Crippen LogP contribution in [0.25, 0.3) is 11.5 Å². The first-order valence-corrected chi connectivity index (χ1v) is 11.7. The Balaban J connectivity index is 1.36. The normalized spacial score (nSPS) is 10.6. The molecule has 0 atom stereocenters. The van der Waals surface area contributed by atoms with Crippen LogP contribution in [0.1, 0.15) is 29.5 Å². The van der Waals surface area contributed by atoms with Gasteiger partial charge in [-0.3, -0.25) is 4.79 Å². The largest absolute Gasteiger partial charge is 0.494 e. The minimum atomic E-state index is -0.340. The molecule has 3 aromatic carbocycles. The number of carbonyl (C=O) groups excluding carboxylic acids is 1. The lowest BCUT2D eigenvalue weighted by atomic mass is 10.1. The molecule has 0 aliphatic carbocycles. The predicted octanol–water partition coefficient (Wildman–Crippen LogP) is 5.92. The molecule has 0 saturated heterocycles. The number of carbonyl (C=O) groups is 1. The van der Waals surface area contributed by atoms with Gasteiger partial charge in [0.2, 0.25) is 5.89 Å². The van der Waals surface area contributed by atoms with Crippen molar-refractivity contribution in [1.82, 2.24) is 4.98 Å². The van der Waals surface area contributed by atoms with E-state index in [1.54, 1.807) is 0 Å². The minimum Gasteiger partial charge on any atom is -0.494 e. The molecular formula is C29H29NO6. The number of esters is 1. The summed E-state index contributed by atoms with van der Waals surface area (Å²) in [4.78, 5) is 16.4. The summed E-state index contributed by atoms with van der Waals surface area (Å²) in [6.45, 7) is 4.98. The van der Waals surface area contributed by atoms with Crippen molar-refractivity contribution in [3.8, 4) is 28.7 Å². The Hall–Kier alpha value is -4.26. The van der Waals surface area contributed by atoms with E-state index in [1.165, 1.54) is 7.11 Å². The SMILES string of the molecule is CCOc1ccc(OCc2ccc(OCc3nc(-c4ccccc4)oc3C)cc2)c(CC(=O)OC)c1. The molecule has 1 heterocycles. The Morgan fingerprint density at radius 1 is 0.889 bits per heavy atom. The number of aromatic nitrogens is 1. The number of ether oxygens (including phenoxy) is 4. The number of benzene rings is 3. The molecule has 7 nitrogen and oxygen atoms in total. The smallest absolute Gasteiger partial charge is 0.310 e. The van der Waals surface area contributed by atoms with Gasteiger partial charge in [-0.15, -0.1) is 0 Å². The Labute approximate surface area is 210 Å². The van der Waals surface area contributed by atoms with E-state index in [0.717, 1.165) is 28.3 Å². The maximum atomic E-state index is 11.8. The molecule has 0 N–H and O–H groups in total. The van der Waals surface area contributed by atoms with Gasteiger partial charge in [0.05, 0.1) is 20.1 Å². The number of hydrogen-bond acceptors (Lipinski definition) is 7. The van der Waals surface area contributed by atoms with E-state index >= 15 is 0 Å². The van der Waals surface area contributed by atoms with Crippen LogP contribution in [-0.4, -0.2) is 24.7 Å². The number of aryl methyl sites for hydroxylation is 1. The van der Waals surface area contributed by atoms with Crippen LogP contribution in [-0.2, 0) is 29.2 Å². The second-order valence-corrected chi connectivity index (χ2v) is 8.06. The first-order valence-electron chi connectivity index (χ1n) is 11.7. The van der Waals surface area contributed by atoms with Crippen molar-refractivity contribution < 1.29 is 28.2 Å². The molecule has 0 spiro atoms. The van der Waals surface area contributed by atoms with Crippen molar-refractivity contribution in [2.45, 2.75) is 33.5 Å². The number of rotatable bonds is 11. The highest BCUT2D eigenvalue weighted by Gasteiger charge is 2.13. The highest BCUT2D eigenvalue weighted by atomic mass is 16.5. The third kappa shape index (κ3) is 6.44. The van der Waals surface area contributed by atoms with Crippen LogP contribution in [0.15, 0.2) is 77.2 Å². The maximum Gasteiger partial charge on any atom is 0.310 e. The second-order valence-electron chi connectivity index (χ2n) is 8.06. The molecule has 0 fully saturated rings. The van der Waals surface area contributed by atoms with Crippen LogP contribution in [0.5, 0.6) is 17.2 Å². The molecule has 7 heteroatoms. The summed E-state index contributed by atoms with van der Waals surface area (Å²) in [5, 5.41) is 0.